The molecule has 0 saturated heterocycles. The fraction of sp³-hybridized carbons (Fsp3) is 0.278. The molecule has 0 saturated carbocycles. The number of ether oxygens (including phenoxy) is 1. The van der Waals surface area contributed by atoms with Crippen molar-refractivity contribution in [3.05, 3.63) is 64.7 Å². The van der Waals surface area contributed by atoms with E-state index in [1.807, 2.05) is 18.2 Å². The molecule has 0 unspecified atom stereocenters. The summed E-state index contributed by atoms with van der Waals surface area (Å²) in [5.74, 6) is 0.679. The van der Waals surface area contributed by atoms with Gasteiger partial charge in [0.1, 0.15) is 12.4 Å². The van der Waals surface area contributed by atoms with Crippen LogP contribution >= 0.6 is 0 Å². The quantitative estimate of drug-likeness (QED) is 0.866. The van der Waals surface area contributed by atoms with Gasteiger partial charge in [-0.15, -0.1) is 0 Å². The van der Waals surface area contributed by atoms with E-state index in [-0.39, 0.29) is 6.61 Å². The summed E-state index contributed by atoms with van der Waals surface area (Å²) in [6.45, 7) is 0.217. The molecule has 2 aromatic carbocycles. The average molecular weight is 319 g/mol. The molecule has 3 rings (SSSR count). The van der Waals surface area contributed by atoms with Crippen LogP contribution in [0.4, 0.5) is 13.2 Å². The SMILES string of the molecule is N=C1CCc2ccc(OCc3ccc(C(F)(F)F)cc3)cc2C1. The smallest absolute Gasteiger partial charge is 0.416 e. The second-order valence-corrected chi connectivity index (χ2v) is 5.69. The maximum absolute atomic E-state index is 12.5. The molecule has 0 aliphatic heterocycles. The Hall–Kier alpha value is -2.30. The molecular formula is C18H16F3NO. The van der Waals surface area contributed by atoms with E-state index in [9.17, 15) is 13.2 Å². The molecule has 23 heavy (non-hydrogen) atoms. The number of alkyl halides is 3. The van der Waals surface area contributed by atoms with Gasteiger partial charge in [-0.05, 0) is 53.8 Å². The molecule has 0 aromatic heterocycles. The Kier molecular flexibility index (Phi) is 4.11. The lowest BCUT2D eigenvalue weighted by Crippen LogP contribution is -2.12. The molecule has 1 N–H and O–H groups in total. The zero-order valence-electron chi connectivity index (χ0n) is 12.4. The first kappa shape index (κ1) is 15.6. The standard InChI is InChI=1S/C18H16F3NO/c19-18(20,21)15-5-1-12(2-6-15)11-23-17-8-4-13-3-7-16(22)9-14(13)10-17/h1-2,4-6,8,10,22H,3,7,9,11H2. The van der Waals surface area contributed by atoms with Gasteiger partial charge in [0.25, 0.3) is 0 Å². The summed E-state index contributed by atoms with van der Waals surface area (Å²) in [5.41, 5.74) is 3.09. The third-order valence-corrected chi connectivity index (χ3v) is 3.96. The Morgan fingerprint density at radius 3 is 2.39 bits per heavy atom. The minimum Gasteiger partial charge on any atom is -0.489 e. The Morgan fingerprint density at radius 2 is 1.70 bits per heavy atom. The molecule has 0 fully saturated rings. The van der Waals surface area contributed by atoms with Crippen molar-refractivity contribution in [2.24, 2.45) is 0 Å². The van der Waals surface area contributed by atoms with Crippen molar-refractivity contribution in [2.75, 3.05) is 0 Å². The highest BCUT2D eigenvalue weighted by Gasteiger charge is 2.29. The second-order valence-electron chi connectivity index (χ2n) is 5.69. The van der Waals surface area contributed by atoms with Crippen LogP contribution in [0.25, 0.3) is 0 Å². The van der Waals surface area contributed by atoms with E-state index in [2.05, 4.69) is 0 Å². The normalized spacial score (nSPS) is 14.5. The van der Waals surface area contributed by atoms with Gasteiger partial charge in [-0.3, -0.25) is 0 Å². The molecule has 0 spiro atoms. The van der Waals surface area contributed by atoms with E-state index >= 15 is 0 Å². The van der Waals surface area contributed by atoms with Gasteiger partial charge >= 0.3 is 6.18 Å². The van der Waals surface area contributed by atoms with E-state index in [1.165, 1.54) is 17.7 Å². The van der Waals surface area contributed by atoms with Crippen molar-refractivity contribution in [2.45, 2.75) is 32.0 Å². The van der Waals surface area contributed by atoms with Crippen LogP contribution in [0.3, 0.4) is 0 Å². The van der Waals surface area contributed by atoms with Crippen molar-refractivity contribution < 1.29 is 17.9 Å². The van der Waals surface area contributed by atoms with Crippen molar-refractivity contribution in [1.29, 1.82) is 5.41 Å². The topological polar surface area (TPSA) is 33.1 Å². The third kappa shape index (κ3) is 3.73. The summed E-state index contributed by atoms with van der Waals surface area (Å²) in [7, 11) is 0. The van der Waals surface area contributed by atoms with E-state index in [0.29, 0.717) is 17.7 Å². The summed E-state index contributed by atoms with van der Waals surface area (Å²) in [5, 5.41) is 7.76. The fourth-order valence-electron chi connectivity index (χ4n) is 2.66. The fourth-order valence-corrected chi connectivity index (χ4v) is 2.66. The van der Waals surface area contributed by atoms with Crippen molar-refractivity contribution in [3.63, 3.8) is 0 Å². The zero-order valence-corrected chi connectivity index (χ0v) is 12.4. The first-order chi connectivity index (χ1) is 10.9. The predicted molar refractivity (Wildman–Crippen MR) is 82.0 cm³/mol. The summed E-state index contributed by atoms with van der Waals surface area (Å²) in [6.07, 6.45) is -1.98. The lowest BCUT2D eigenvalue weighted by atomic mass is 9.90. The summed E-state index contributed by atoms with van der Waals surface area (Å²) < 4.78 is 43.2. The van der Waals surface area contributed by atoms with Gasteiger partial charge in [-0.25, -0.2) is 0 Å². The molecule has 5 heteroatoms. The number of rotatable bonds is 3. The first-order valence-electron chi connectivity index (χ1n) is 7.39. The van der Waals surface area contributed by atoms with Crippen LogP contribution in [-0.4, -0.2) is 5.71 Å². The van der Waals surface area contributed by atoms with E-state index in [1.54, 1.807) is 0 Å². The van der Waals surface area contributed by atoms with Gasteiger partial charge in [0.05, 0.1) is 5.56 Å². The maximum atomic E-state index is 12.5. The lowest BCUT2D eigenvalue weighted by molar-refractivity contribution is -0.137. The number of benzene rings is 2. The summed E-state index contributed by atoms with van der Waals surface area (Å²) >= 11 is 0. The van der Waals surface area contributed by atoms with E-state index < -0.39 is 11.7 Å². The number of nitrogens with one attached hydrogen (secondary N) is 1. The number of hydrogen-bond donors (Lipinski definition) is 1. The van der Waals surface area contributed by atoms with Crippen LogP contribution in [0, 0.1) is 5.41 Å². The van der Waals surface area contributed by atoms with Crippen LogP contribution < -0.4 is 4.74 Å². The highest BCUT2D eigenvalue weighted by molar-refractivity contribution is 5.85. The number of hydrogen-bond acceptors (Lipinski definition) is 2. The number of halogens is 3. The number of fused-ring (bicyclic) bond motifs is 1. The molecule has 0 heterocycles. The van der Waals surface area contributed by atoms with Crippen LogP contribution in [0.15, 0.2) is 42.5 Å². The molecule has 0 amide bonds. The number of aryl methyl sites for hydroxylation is 1. The summed E-state index contributed by atoms with van der Waals surface area (Å²) in [4.78, 5) is 0. The highest BCUT2D eigenvalue weighted by atomic mass is 19.4. The largest absolute Gasteiger partial charge is 0.489 e. The third-order valence-electron chi connectivity index (χ3n) is 3.96. The molecule has 2 nitrogen and oxygen atoms in total. The first-order valence-corrected chi connectivity index (χ1v) is 7.39. The van der Waals surface area contributed by atoms with Crippen LogP contribution in [0.2, 0.25) is 0 Å². The minimum atomic E-state index is -4.32. The molecule has 1 aliphatic rings. The summed E-state index contributed by atoms with van der Waals surface area (Å²) in [6, 6.07) is 10.8. The Balaban J connectivity index is 1.67. The molecule has 2 aromatic rings. The Labute approximate surface area is 132 Å². The van der Waals surface area contributed by atoms with Gasteiger partial charge in [-0.1, -0.05) is 18.2 Å². The van der Waals surface area contributed by atoms with Crippen LogP contribution in [0.5, 0.6) is 5.75 Å². The van der Waals surface area contributed by atoms with Gasteiger partial charge in [0.15, 0.2) is 0 Å². The molecular weight excluding hydrogens is 303 g/mol. The average Bonchev–Trinajstić information content (AvgIpc) is 2.52. The molecule has 120 valence electrons. The van der Waals surface area contributed by atoms with Crippen molar-refractivity contribution in [1.82, 2.24) is 0 Å². The Bertz CT molecular complexity index is 720. The highest BCUT2D eigenvalue weighted by Crippen LogP contribution is 2.29. The molecule has 1 aliphatic carbocycles. The van der Waals surface area contributed by atoms with Gasteiger partial charge in [0.2, 0.25) is 0 Å². The lowest BCUT2D eigenvalue weighted by Gasteiger charge is -2.18. The molecule has 0 atom stereocenters. The van der Waals surface area contributed by atoms with Gasteiger partial charge < -0.3 is 10.1 Å². The predicted octanol–water partition coefficient (Wildman–Crippen LogP) is 4.79. The Morgan fingerprint density at radius 1 is 0.957 bits per heavy atom. The van der Waals surface area contributed by atoms with Gasteiger partial charge in [0, 0.05) is 12.1 Å². The van der Waals surface area contributed by atoms with Crippen LogP contribution in [0.1, 0.15) is 28.7 Å². The van der Waals surface area contributed by atoms with Crippen molar-refractivity contribution in [3.8, 4) is 5.75 Å². The maximum Gasteiger partial charge on any atom is 0.416 e. The monoisotopic (exact) mass is 319 g/mol. The van der Waals surface area contributed by atoms with E-state index in [0.717, 1.165) is 36.2 Å². The minimum absolute atomic E-state index is 0.217. The van der Waals surface area contributed by atoms with Gasteiger partial charge in [-0.2, -0.15) is 13.2 Å². The van der Waals surface area contributed by atoms with Crippen molar-refractivity contribution >= 4 is 5.71 Å². The zero-order chi connectivity index (χ0) is 16.4. The molecule has 0 bridgehead atoms. The molecule has 0 radical (unpaired) electrons. The van der Waals surface area contributed by atoms with Crippen LogP contribution in [-0.2, 0) is 25.6 Å². The van der Waals surface area contributed by atoms with E-state index in [4.69, 9.17) is 10.1 Å². The second kappa shape index (κ2) is 6.07.